The molecule has 4 heteroatoms. The number of hydrogen-bond acceptors (Lipinski definition) is 3. The average molecular weight is 423 g/mol. The summed E-state index contributed by atoms with van der Waals surface area (Å²) in [4.78, 5) is 0. The van der Waals surface area contributed by atoms with Crippen molar-refractivity contribution in [3.05, 3.63) is 40.9 Å². The molecule has 0 heterocycles. The van der Waals surface area contributed by atoms with E-state index in [0.717, 1.165) is 35.9 Å². The zero-order valence-electron chi connectivity index (χ0n) is 15.8. The molecule has 1 aromatic rings. The molecule has 3 nitrogen and oxygen atoms in total. The summed E-state index contributed by atoms with van der Waals surface area (Å²) in [6.45, 7) is 9.39. The zero-order chi connectivity index (χ0) is 18.9. The van der Waals surface area contributed by atoms with E-state index in [-0.39, 0.29) is 6.61 Å². The summed E-state index contributed by atoms with van der Waals surface area (Å²) in [5.41, 5.74) is 0.914. The van der Waals surface area contributed by atoms with Crippen molar-refractivity contribution in [3.63, 3.8) is 0 Å². The number of aliphatic hydroxyl groups excluding tert-OH is 2. The average Bonchev–Trinajstić information content (AvgIpc) is 2.62. The van der Waals surface area contributed by atoms with Gasteiger partial charge in [-0.15, -0.1) is 0 Å². The van der Waals surface area contributed by atoms with Gasteiger partial charge in [-0.1, -0.05) is 41.9 Å². The van der Waals surface area contributed by atoms with Gasteiger partial charge in [-0.3, -0.25) is 0 Å². The van der Waals surface area contributed by atoms with E-state index in [0.29, 0.717) is 30.3 Å². The molecule has 0 aromatic heterocycles. The Morgan fingerprint density at radius 3 is 2.65 bits per heavy atom. The highest BCUT2D eigenvalue weighted by molar-refractivity contribution is 9.10. The van der Waals surface area contributed by atoms with E-state index in [4.69, 9.17) is 4.74 Å². The van der Waals surface area contributed by atoms with E-state index in [1.54, 1.807) is 0 Å². The minimum Gasteiger partial charge on any atom is -0.494 e. The van der Waals surface area contributed by atoms with Crippen molar-refractivity contribution < 1.29 is 14.9 Å². The normalized spacial score (nSPS) is 37.3. The van der Waals surface area contributed by atoms with Gasteiger partial charge in [-0.2, -0.15) is 0 Å². The molecule has 2 aliphatic rings. The van der Waals surface area contributed by atoms with Crippen LogP contribution < -0.4 is 4.74 Å². The van der Waals surface area contributed by atoms with Crippen LogP contribution in [-0.2, 0) is 0 Å². The summed E-state index contributed by atoms with van der Waals surface area (Å²) < 4.78 is 7.01. The lowest BCUT2D eigenvalue weighted by Crippen LogP contribution is -2.55. The maximum atomic E-state index is 10.6. The van der Waals surface area contributed by atoms with Gasteiger partial charge in [0.05, 0.1) is 19.3 Å². The van der Waals surface area contributed by atoms with Crippen LogP contribution in [0.2, 0.25) is 0 Å². The lowest BCUT2D eigenvalue weighted by atomic mass is 9.50. The molecule has 2 saturated carbocycles. The predicted octanol–water partition coefficient (Wildman–Crippen LogP) is 4.82. The second kappa shape index (κ2) is 8.04. The number of allylic oxidation sites excluding steroid dienone is 1. The number of ether oxygens (including phenoxy) is 1. The van der Waals surface area contributed by atoms with Crippen LogP contribution in [0.1, 0.15) is 39.5 Å². The number of fused-ring (bicyclic) bond motifs is 1. The van der Waals surface area contributed by atoms with Crippen molar-refractivity contribution in [2.75, 3.05) is 13.2 Å². The van der Waals surface area contributed by atoms with Crippen LogP contribution >= 0.6 is 15.9 Å². The fraction of sp³-hybridized carbons (Fsp3) is 0.636. The SMILES string of the molecule is C=C1CCC2[C@@H](C(C)C[C@@H](O)[C@@]2(C)CO)[C@H]1CCOc1ccc(Br)cc1. The van der Waals surface area contributed by atoms with Crippen molar-refractivity contribution in [1.82, 2.24) is 0 Å². The Labute approximate surface area is 165 Å². The standard InChI is InChI=1S/C22H31BrO3/c1-14-4-9-19-21(15(2)12-20(25)22(19,3)13-24)18(14)10-11-26-17-7-5-16(23)6-8-17/h5-8,15,18-21,24-25H,1,4,9-13H2,2-3H3/t15?,18-,19?,20+,21-,22-/m0/s1. The van der Waals surface area contributed by atoms with Crippen LogP contribution in [0.25, 0.3) is 0 Å². The highest BCUT2D eigenvalue weighted by Crippen LogP contribution is 2.56. The lowest BCUT2D eigenvalue weighted by Gasteiger charge is -2.56. The Balaban J connectivity index is 1.71. The maximum Gasteiger partial charge on any atom is 0.119 e. The summed E-state index contributed by atoms with van der Waals surface area (Å²) in [6, 6.07) is 7.93. The molecule has 2 aliphatic carbocycles. The summed E-state index contributed by atoms with van der Waals surface area (Å²) in [5, 5.41) is 20.7. The molecule has 0 amide bonds. The van der Waals surface area contributed by atoms with E-state index in [9.17, 15) is 10.2 Å². The Bertz CT molecular complexity index is 629. The van der Waals surface area contributed by atoms with Gasteiger partial charge in [0.15, 0.2) is 0 Å². The molecule has 2 fully saturated rings. The van der Waals surface area contributed by atoms with Crippen LogP contribution in [0.15, 0.2) is 40.9 Å². The first-order valence-corrected chi connectivity index (χ1v) is 10.5. The smallest absolute Gasteiger partial charge is 0.119 e. The van der Waals surface area contributed by atoms with Crippen LogP contribution in [0, 0.1) is 29.1 Å². The number of halogens is 1. The predicted molar refractivity (Wildman–Crippen MR) is 108 cm³/mol. The molecule has 0 aliphatic heterocycles. The van der Waals surface area contributed by atoms with E-state index in [1.165, 1.54) is 5.57 Å². The Kier molecular flexibility index (Phi) is 6.15. The van der Waals surface area contributed by atoms with Crippen molar-refractivity contribution in [2.24, 2.45) is 29.1 Å². The van der Waals surface area contributed by atoms with E-state index >= 15 is 0 Å². The van der Waals surface area contributed by atoms with Gasteiger partial charge in [0, 0.05) is 9.89 Å². The fourth-order valence-electron chi connectivity index (χ4n) is 5.31. The topological polar surface area (TPSA) is 49.7 Å². The molecule has 0 radical (unpaired) electrons. The third-order valence-electron chi connectivity index (χ3n) is 6.94. The molecule has 3 rings (SSSR count). The maximum absolute atomic E-state index is 10.6. The fourth-order valence-corrected chi connectivity index (χ4v) is 5.58. The van der Waals surface area contributed by atoms with Crippen molar-refractivity contribution >= 4 is 15.9 Å². The third kappa shape index (κ3) is 3.74. The Morgan fingerprint density at radius 2 is 2.00 bits per heavy atom. The van der Waals surface area contributed by atoms with E-state index < -0.39 is 11.5 Å². The molecular formula is C22H31BrO3. The third-order valence-corrected chi connectivity index (χ3v) is 7.47. The second-order valence-corrected chi connectivity index (χ2v) is 9.39. The number of benzene rings is 1. The summed E-state index contributed by atoms with van der Waals surface area (Å²) >= 11 is 3.44. The first-order chi connectivity index (χ1) is 12.4. The number of aliphatic hydroxyl groups is 2. The molecule has 0 spiro atoms. The minimum atomic E-state index is -0.421. The molecule has 144 valence electrons. The molecule has 0 saturated heterocycles. The van der Waals surface area contributed by atoms with Gasteiger partial charge in [0.1, 0.15) is 5.75 Å². The van der Waals surface area contributed by atoms with Gasteiger partial charge in [0.2, 0.25) is 0 Å². The molecular weight excluding hydrogens is 392 g/mol. The first-order valence-electron chi connectivity index (χ1n) is 9.71. The van der Waals surface area contributed by atoms with Crippen molar-refractivity contribution in [1.29, 1.82) is 0 Å². The minimum absolute atomic E-state index is 0.0522. The van der Waals surface area contributed by atoms with Crippen molar-refractivity contribution in [3.8, 4) is 5.75 Å². The Morgan fingerprint density at radius 1 is 1.31 bits per heavy atom. The van der Waals surface area contributed by atoms with Gasteiger partial charge in [-0.25, -0.2) is 0 Å². The molecule has 6 atom stereocenters. The molecule has 0 bridgehead atoms. The summed E-state index contributed by atoms with van der Waals surface area (Å²) in [5.74, 6) is 2.53. The Hall–Kier alpha value is -0.840. The zero-order valence-corrected chi connectivity index (χ0v) is 17.4. The highest BCUT2D eigenvalue weighted by atomic mass is 79.9. The summed E-state index contributed by atoms with van der Waals surface area (Å²) in [7, 11) is 0. The second-order valence-electron chi connectivity index (χ2n) is 8.47. The quantitative estimate of drug-likeness (QED) is 0.668. The molecule has 26 heavy (non-hydrogen) atoms. The van der Waals surface area contributed by atoms with Gasteiger partial charge in [-0.05, 0) is 73.6 Å². The number of rotatable bonds is 5. The first kappa shape index (κ1) is 19.9. The molecule has 2 unspecified atom stereocenters. The number of hydrogen-bond donors (Lipinski definition) is 2. The van der Waals surface area contributed by atoms with Crippen LogP contribution in [0.4, 0.5) is 0 Å². The van der Waals surface area contributed by atoms with Gasteiger partial charge >= 0.3 is 0 Å². The summed E-state index contributed by atoms with van der Waals surface area (Å²) in [6.07, 6.45) is 3.29. The van der Waals surface area contributed by atoms with E-state index in [2.05, 4.69) is 36.4 Å². The largest absolute Gasteiger partial charge is 0.494 e. The van der Waals surface area contributed by atoms with Crippen molar-refractivity contribution in [2.45, 2.75) is 45.6 Å². The van der Waals surface area contributed by atoms with Crippen LogP contribution in [0.5, 0.6) is 5.75 Å². The monoisotopic (exact) mass is 422 g/mol. The lowest BCUT2D eigenvalue weighted by molar-refractivity contribution is -0.135. The van der Waals surface area contributed by atoms with Gasteiger partial charge in [0.25, 0.3) is 0 Å². The van der Waals surface area contributed by atoms with E-state index in [1.807, 2.05) is 24.3 Å². The molecule has 2 N–H and O–H groups in total. The van der Waals surface area contributed by atoms with Crippen LogP contribution in [-0.4, -0.2) is 29.5 Å². The molecule has 1 aromatic carbocycles. The van der Waals surface area contributed by atoms with Crippen LogP contribution in [0.3, 0.4) is 0 Å². The highest BCUT2D eigenvalue weighted by Gasteiger charge is 2.53. The van der Waals surface area contributed by atoms with Gasteiger partial charge < -0.3 is 14.9 Å².